The van der Waals surface area contributed by atoms with Gasteiger partial charge >= 0.3 is 5.97 Å². The van der Waals surface area contributed by atoms with E-state index in [9.17, 15) is 14.4 Å². The Morgan fingerprint density at radius 3 is 2.50 bits per heavy atom. The van der Waals surface area contributed by atoms with Crippen molar-refractivity contribution in [1.82, 2.24) is 9.80 Å². The Balaban J connectivity index is 1.93. The average molecular weight is 282 g/mol. The molecule has 2 atom stereocenters. The van der Waals surface area contributed by atoms with Crippen LogP contribution < -0.4 is 0 Å². The zero-order chi connectivity index (χ0) is 14.9. The standard InChI is InChI=1S/C14H22N2O4/c1-9(2)16-8-11(6-12(16)17)13(18)15-5-4-10(7-15)14(19)20-3/h9-11H,4-8H2,1-3H3. The molecule has 6 nitrogen and oxygen atoms in total. The number of rotatable bonds is 3. The third-order valence-electron chi connectivity index (χ3n) is 4.17. The van der Waals surface area contributed by atoms with Gasteiger partial charge in [-0.15, -0.1) is 0 Å². The maximum Gasteiger partial charge on any atom is 0.310 e. The quantitative estimate of drug-likeness (QED) is 0.697. The van der Waals surface area contributed by atoms with E-state index in [0.29, 0.717) is 26.1 Å². The van der Waals surface area contributed by atoms with E-state index in [2.05, 4.69) is 0 Å². The van der Waals surface area contributed by atoms with Crippen LogP contribution in [0.25, 0.3) is 0 Å². The number of ether oxygens (including phenoxy) is 1. The molecule has 2 aliphatic rings. The molecule has 2 amide bonds. The van der Waals surface area contributed by atoms with Gasteiger partial charge < -0.3 is 14.5 Å². The van der Waals surface area contributed by atoms with Gasteiger partial charge in [-0.25, -0.2) is 0 Å². The summed E-state index contributed by atoms with van der Waals surface area (Å²) in [6.45, 7) is 5.39. The highest BCUT2D eigenvalue weighted by atomic mass is 16.5. The molecule has 2 rings (SSSR count). The molecule has 0 aromatic heterocycles. The minimum absolute atomic E-state index is 0.00657. The lowest BCUT2D eigenvalue weighted by atomic mass is 10.1. The second kappa shape index (κ2) is 5.81. The fourth-order valence-electron chi connectivity index (χ4n) is 2.97. The second-order valence-corrected chi connectivity index (χ2v) is 5.83. The van der Waals surface area contributed by atoms with Crippen LogP contribution in [0.5, 0.6) is 0 Å². The van der Waals surface area contributed by atoms with E-state index in [1.807, 2.05) is 13.8 Å². The molecule has 2 unspecified atom stereocenters. The van der Waals surface area contributed by atoms with Crippen molar-refractivity contribution in [3.63, 3.8) is 0 Å². The first kappa shape index (κ1) is 14.8. The fraction of sp³-hybridized carbons (Fsp3) is 0.786. The minimum atomic E-state index is -0.263. The van der Waals surface area contributed by atoms with Gasteiger partial charge in [-0.2, -0.15) is 0 Å². The number of methoxy groups -OCH3 is 1. The Bertz CT molecular complexity index is 421. The van der Waals surface area contributed by atoms with E-state index in [0.717, 1.165) is 0 Å². The highest BCUT2D eigenvalue weighted by molar-refractivity contribution is 5.90. The summed E-state index contributed by atoms with van der Waals surface area (Å²) < 4.78 is 4.71. The zero-order valence-corrected chi connectivity index (χ0v) is 12.3. The van der Waals surface area contributed by atoms with Crippen molar-refractivity contribution in [3.8, 4) is 0 Å². The average Bonchev–Trinajstić information content (AvgIpc) is 3.03. The minimum Gasteiger partial charge on any atom is -0.469 e. The Morgan fingerprint density at radius 1 is 1.25 bits per heavy atom. The summed E-state index contributed by atoms with van der Waals surface area (Å²) in [6.07, 6.45) is 0.934. The van der Waals surface area contributed by atoms with Gasteiger partial charge in [0.25, 0.3) is 0 Å². The normalized spacial score (nSPS) is 26.5. The zero-order valence-electron chi connectivity index (χ0n) is 12.3. The third-order valence-corrected chi connectivity index (χ3v) is 4.17. The van der Waals surface area contributed by atoms with Gasteiger partial charge in [0.15, 0.2) is 0 Å². The Morgan fingerprint density at radius 2 is 1.95 bits per heavy atom. The van der Waals surface area contributed by atoms with Crippen LogP contribution in [-0.2, 0) is 19.1 Å². The first-order valence-corrected chi connectivity index (χ1v) is 7.10. The lowest BCUT2D eigenvalue weighted by Gasteiger charge is -2.23. The molecule has 0 radical (unpaired) electrons. The Hall–Kier alpha value is -1.59. The molecule has 2 fully saturated rings. The highest BCUT2D eigenvalue weighted by Crippen LogP contribution is 2.25. The van der Waals surface area contributed by atoms with Crippen LogP contribution in [0, 0.1) is 11.8 Å². The van der Waals surface area contributed by atoms with Crippen molar-refractivity contribution in [2.45, 2.75) is 32.7 Å². The van der Waals surface area contributed by atoms with Crippen LogP contribution in [0.15, 0.2) is 0 Å². The van der Waals surface area contributed by atoms with Crippen molar-refractivity contribution < 1.29 is 19.1 Å². The van der Waals surface area contributed by atoms with Gasteiger partial charge in [0.05, 0.1) is 18.9 Å². The van der Waals surface area contributed by atoms with E-state index in [1.165, 1.54) is 7.11 Å². The summed E-state index contributed by atoms with van der Waals surface area (Å²) >= 11 is 0. The van der Waals surface area contributed by atoms with Crippen molar-refractivity contribution in [2.75, 3.05) is 26.7 Å². The van der Waals surface area contributed by atoms with Crippen LogP contribution in [-0.4, -0.2) is 60.4 Å². The van der Waals surface area contributed by atoms with Crippen LogP contribution in [0.3, 0.4) is 0 Å². The van der Waals surface area contributed by atoms with Crippen LogP contribution >= 0.6 is 0 Å². The summed E-state index contributed by atoms with van der Waals surface area (Å²) in [5.74, 6) is -0.704. The molecular weight excluding hydrogens is 260 g/mol. The predicted molar refractivity (Wildman–Crippen MR) is 71.7 cm³/mol. The number of amides is 2. The van der Waals surface area contributed by atoms with E-state index >= 15 is 0 Å². The number of carbonyl (C=O) groups is 3. The maximum absolute atomic E-state index is 12.4. The molecule has 0 N–H and O–H groups in total. The smallest absolute Gasteiger partial charge is 0.310 e. The molecule has 2 aliphatic heterocycles. The molecule has 6 heteroatoms. The van der Waals surface area contributed by atoms with Gasteiger partial charge in [0.2, 0.25) is 11.8 Å². The van der Waals surface area contributed by atoms with Gasteiger partial charge in [-0.1, -0.05) is 0 Å². The number of hydrogen-bond donors (Lipinski definition) is 0. The molecule has 0 aromatic rings. The molecule has 0 saturated carbocycles. The molecule has 2 saturated heterocycles. The topological polar surface area (TPSA) is 66.9 Å². The van der Waals surface area contributed by atoms with Gasteiger partial charge in [0, 0.05) is 32.1 Å². The van der Waals surface area contributed by atoms with Gasteiger partial charge in [-0.3, -0.25) is 14.4 Å². The Kier molecular flexibility index (Phi) is 4.30. The largest absolute Gasteiger partial charge is 0.469 e. The predicted octanol–water partition coefficient (Wildman–Crippen LogP) is 0.265. The molecule has 0 spiro atoms. The molecule has 112 valence electrons. The molecule has 2 heterocycles. The summed E-state index contributed by atoms with van der Waals surface area (Å²) in [5, 5.41) is 0. The van der Waals surface area contributed by atoms with Crippen LogP contribution in [0.1, 0.15) is 26.7 Å². The monoisotopic (exact) mass is 282 g/mol. The van der Waals surface area contributed by atoms with Gasteiger partial charge in [0.1, 0.15) is 0 Å². The lowest BCUT2D eigenvalue weighted by Crippen LogP contribution is -2.37. The van der Waals surface area contributed by atoms with E-state index < -0.39 is 0 Å². The van der Waals surface area contributed by atoms with E-state index in [1.54, 1.807) is 9.80 Å². The molecule has 0 aliphatic carbocycles. The van der Waals surface area contributed by atoms with Crippen LogP contribution in [0.2, 0.25) is 0 Å². The summed E-state index contributed by atoms with van der Waals surface area (Å²) in [7, 11) is 1.36. The highest BCUT2D eigenvalue weighted by Gasteiger charge is 2.40. The number of nitrogens with zero attached hydrogens (tertiary/aromatic N) is 2. The van der Waals surface area contributed by atoms with Crippen molar-refractivity contribution in [1.29, 1.82) is 0 Å². The molecule has 0 bridgehead atoms. The second-order valence-electron chi connectivity index (χ2n) is 5.83. The van der Waals surface area contributed by atoms with Crippen LogP contribution in [0.4, 0.5) is 0 Å². The first-order valence-electron chi connectivity index (χ1n) is 7.10. The summed E-state index contributed by atoms with van der Waals surface area (Å²) in [5.41, 5.74) is 0. The van der Waals surface area contributed by atoms with Gasteiger partial charge in [-0.05, 0) is 20.3 Å². The number of likely N-dealkylation sites (tertiary alicyclic amines) is 2. The third kappa shape index (κ3) is 2.78. The van der Waals surface area contributed by atoms with Crippen molar-refractivity contribution in [2.24, 2.45) is 11.8 Å². The Labute approximate surface area is 119 Å². The first-order chi connectivity index (χ1) is 9.43. The molecule has 20 heavy (non-hydrogen) atoms. The number of hydrogen-bond acceptors (Lipinski definition) is 4. The number of esters is 1. The van der Waals surface area contributed by atoms with Crippen molar-refractivity contribution in [3.05, 3.63) is 0 Å². The summed E-state index contributed by atoms with van der Waals surface area (Å²) in [4.78, 5) is 39.2. The lowest BCUT2D eigenvalue weighted by molar-refractivity contribution is -0.145. The molecular formula is C14H22N2O4. The summed E-state index contributed by atoms with van der Waals surface area (Å²) in [6, 6.07) is 0.127. The fourth-order valence-corrected chi connectivity index (χ4v) is 2.97. The van der Waals surface area contributed by atoms with Crippen molar-refractivity contribution >= 4 is 17.8 Å². The molecule has 0 aromatic carbocycles. The number of carbonyl (C=O) groups excluding carboxylic acids is 3. The SMILES string of the molecule is COC(=O)C1CCN(C(=O)C2CC(=O)N(C(C)C)C2)C1. The van der Waals surface area contributed by atoms with E-state index in [4.69, 9.17) is 4.74 Å². The van der Waals surface area contributed by atoms with E-state index in [-0.39, 0.29) is 42.1 Å². The maximum atomic E-state index is 12.4.